The molecule has 1 fully saturated rings. The molecule has 2 unspecified atom stereocenters. The Morgan fingerprint density at radius 3 is 2.58 bits per heavy atom. The number of methoxy groups -OCH3 is 2. The van der Waals surface area contributed by atoms with Crippen molar-refractivity contribution in [2.75, 3.05) is 27.8 Å². The molecule has 0 spiro atoms. The third-order valence-corrected chi connectivity index (χ3v) is 4.94. The molecule has 0 amide bonds. The van der Waals surface area contributed by atoms with E-state index in [0.717, 1.165) is 17.1 Å². The van der Waals surface area contributed by atoms with E-state index in [-0.39, 0.29) is 25.1 Å². The summed E-state index contributed by atoms with van der Waals surface area (Å²) in [5.74, 6) is -0.428. The van der Waals surface area contributed by atoms with Crippen LogP contribution in [-0.2, 0) is 24.5 Å². The Hall–Kier alpha value is -0.700. The topological polar surface area (TPSA) is 84.9 Å². The molecule has 8 heteroatoms. The van der Waals surface area contributed by atoms with Crippen molar-refractivity contribution in [1.29, 1.82) is 0 Å². The maximum absolute atomic E-state index is 12.0. The van der Waals surface area contributed by atoms with Gasteiger partial charge in [0.15, 0.2) is 0 Å². The average molecular weight is 294 g/mol. The van der Waals surface area contributed by atoms with Crippen LogP contribution in [0.4, 0.5) is 0 Å². The Kier molecular flexibility index (Phi) is 6.18. The van der Waals surface area contributed by atoms with Gasteiger partial charge >= 0.3 is 5.97 Å². The van der Waals surface area contributed by atoms with Gasteiger partial charge in [-0.1, -0.05) is 0 Å². The molecule has 0 radical (unpaired) electrons. The molecule has 0 heterocycles. The van der Waals surface area contributed by atoms with Crippen LogP contribution in [0.2, 0.25) is 0 Å². The molecular formula is C11H22N2O5S. The highest BCUT2D eigenvalue weighted by atomic mass is 32.2. The molecule has 7 nitrogen and oxygen atoms in total. The summed E-state index contributed by atoms with van der Waals surface area (Å²) in [6.45, 7) is 0.0996. The number of hydrogen-bond acceptors (Lipinski definition) is 5. The lowest BCUT2D eigenvalue weighted by Gasteiger charge is -2.20. The molecule has 0 aromatic carbocycles. The largest absolute Gasteiger partial charge is 0.469 e. The van der Waals surface area contributed by atoms with Crippen LogP contribution in [0.5, 0.6) is 0 Å². The standard InChI is InChI=1S/C11H22N2O5S/c1-13(7-6-11(14)18-3)19(15,16)12-9-4-5-10(8-9)17-2/h9-10,12H,4-8H2,1-3H3. The molecule has 1 saturated carbocycles. The third kappa shape index (κ3) is 5.06. The molecule has 0 bridgehead atoms. The van der Waals surface area contributed by atoms with Gasteiger partial charge in [0.1, 0.15) is 0 Å². The van der Waals surface area contributed by atoms with Crippen LogP contribution in [0.15, 0.2) is 0 Å². The van der Waals surface area contributed by atoms with Gasteiger partial charge in [-0.05, 0) is 19.3 Å². The summed E-state index contributed by atoms with van der Waals surface area (Å²) in [6, 6.07) is -0.101. The van der Waals surface area contributed by atoms with Gasteiger partial charge < -0.3 is 9.47 Å². The van der Waals surface area contributed by atoms with Crippen molar-refractivity contribution in [3.05, 3.63) is 0 Å². The second kappa shape index (κ2) is 7.18. The predicted octanol–water partition coefficient (Wildman–Crippen LogP) is -0.117. The Labute approximate surface area is 114 Å². The zero-order valence-electron chi connectivity index (χ0n) is 11.6. The van der Waals surface area contributed by atoms with E-state index >= 15 is 0 Å². The van der Waals surface area contributed by atoms with Gasteiger partial charge in [-0.25, -0.2) is 0 Å². The monoisotopic (exact) mass is 294 g/mol. The fourth-order valence-corrected chi connectivity index (χ4v) is 3.18. The van der Waals surface area contributed by atoms with Crippen LogP contribution >= 0.6 is 0 Å². The fraction of sp³-hybridized carbons (Fsp3) is 0.909. The van der Waals surface area contributed by atoms with Crippen LogP contribution in [0.3, 0.4) is 0 Å². The normalized spacial score (nSPS) is 23.8. The van der Waals surface area contributed by atoms with Crippen LogP contribution in [0.1, 0.15) is 25.7 Å². The maximum atomic E-state index is 12.0. The lowest BCUT2D eigenvalue weighted by molar-refractivity contribution is -0.140. The third-order valence-electron chi connectivity index (χ3n) is 3.30. The van der Waals surface area contributed by atoms with Crippen LogP contribution in [0, 0.1) is 0 Å². The first-order chi connectivity index (χ1) is 8.89. The number of nitrogens with zero attached hydrogens (tertiary/aromatic N) is 1. The fourth-order valence-electron chi connectivity index (χ4n) is 2.03. The van der Waals surface area contributed by atoms with E-state index in [1.165, 1.54) is 14.2 Å². The van der Waals surface area contributed by atoms with Crippen molar-refractivity contribution in [1.82, 2.24) is 9.03 Å². The molecule has 1 rings (SSSR count). The number of nitrogens with one attached hydrogen (secondary N) is 1. The van der Waals surface area contributed by atoms with Gasteiger partial charge in [0.05, 0.1) is 19.6 Å². The quantitative estimate of drug-likeness (QED) is 0.662. The molecule has 0 saturated heterocycles. The smallest absolute Gasteiger partial charge is 0.306 e. The number of rotatable bonds is 7. The van der Waals surface area contributed by atoms with Gasteiger partial charge in [0.2, 0.25) is 0 Å². The van der Waals surface area contributed by atoms with Crippen LogP contribution in [0.25, 0.3) is 0 Å². The van der Waals surface area contributed by atoms with Crippen molar-refractivity contribution < 1.29 is 22.7 Å². The highest BCUT2D eigenvalue weighted by Crippen LogP contribution is 2.22. The van der Waals surface area contributed by atoms with Crippen molar-refractivity contribution >= 4 is 16.2 Å². The molecule has 1 aliphatic carbocycles. The van der Waals surface area contributed by atoms with Gasteiger partial charge in [-0.2, -0.15) is 17.4 Å². The molecule has 0 aromatic rings. The van der Waals surface area contributed by atoms with Crippen molar-refractivity contribution in [2.24, 2.45) is 0 Å². The second-order valence-electron chi connectivity index (χ2n) is 4.64. The maximum Gasteiger partial charge on any atom is 0.306 e. The van der Waals surface area contributed by atoms with E-state index in [0.29, 0.717) is 6.42 Å². The number of carbonyl (C=O) groups is 1. The summed E-state index contributed by atoms with van der Waals surface area (Å²) >= 11 is 0. The SMILES string of the molecule is COC(=O)CCN(C)S(=O)(=O)NC1CCC(OC)C1. The van der Waals surface area contributed by atoms with Crippen molar-refractivity contribution in [3.8, 4) is 0 Å². The Morgan fingerprint density at radius 1 is 1.37 bits per heavy atom. The minimum absolute atomic E-state index is 0.0409. The molecular weight excluding hydrogens is 272 g/mol. The number of carbonyl (C=O) groups excluding carboxylic acids is 1. The van der Waals surface area contributed by atoms with E-state index in [4.69, 9.17) is 4.74 Å². The Balaban J connectivity index is 2.44. The highest BCUT2D eigenvalue weighted by Gasteiger charge is 2.29. The average Bonchev–Trinajstić information content (AvgIpc) is 2.82. The number of hydrogen-bond donors (Lipinski definition) is 1. The first kappa shape index (κ1) is 16.4. The summed E-state index contributed by atoms with van der Waals surface area (Å²) in [5.41, 5.74) is 0. The van der Waals surface area contributed by atoms with E-state index < -0.39 is 16.2 Å². The Morgan fingerprint density at radius 2 is 2.05 bits per heavy atom. The summed E-state index contributed by atoms with van der Waals surface area (Å²) in [5, 5.41) is 0. The van der Waals surface area contributed by atoms with Crippen molar-refractivity contribution in [3.63, 3.8) is 0 Å². The first-order valence-corrected chi connectivity index (χ1v) is 7.66. The number of esters is 1. The summed E-state index contributed by atoms with van der Waals surface area (Å²) in [6.07, 6.45) is 2.46. The first-order valence-electron chi connectivity index (χ1n) is 6.22. The van der Waals surface area contributed by atoms with Crippen molar-refractivity contribution in [2.45, 2.75) is 37.8 Å². The van der Waals surface area contributed by atoms with Gasteiger partial charge in [0.25, 0.3) is 10.2 Å². The molecule has 1 N–H and O–H groups in total. The van der Waals surface area contributed by atoms with Gasteiger partial charge in [-0.15, -0.1) is 0 Å². The van der Waals surface area contributed by atoms with E-state index in [2.05, 4.69) is 9.46 Å². The van der Waals surface area contributed by atoms with E-state index in [1.807, 2.05) is 0 Å². The lowest BCUT2D eigenvalue weighted by atomic mass is 10.3. The summed E-state index contributed by atoms with van der Waals surface area (Å²) in [7, 11) is 0.785. The summed E-state index contributed by atoms with van der Waals surface area (Å²) < 4.78 is 37.4. The Bertz CT molecular complexity index is 398. The second-order valence-corrected chi connectivity index (χ2v) is 6.45. The van der Waals surface area contributed by atoms with Gasteiger partial charge in [0, 0.05) is 26.7 Å². The van der Waals surface area contributed by atoms with Crippen LogP contribution in [-0.4, -0.2) is 58.7 Å². The summed E-state index contributed by atoms with van der Waals surface area (Å²) in [4.78, 5) is 11.0. The number of ether oxygens (including phenoxy) is 2. The molecule has 2 atom stereocenters. The minimum atomic E-state index is -3.56. The molecule has 1 aliphatic rings. The van der Waals surface area contributed by atoms with Crippen LogP contribution < -0.4 is 4.72 Å². The predicted molar refractivity (Wildman–Crippen MR) is 69.8 cm³/mol. The zero-order chi connectivity index (χ0) is 14.5. The molecule has 112 valence electrons. The lowest BCUT2D eigenvalue weighted by Crippen LogP contribution is -2.43. The zero-order valence-corrected chi connectivity index (χ0v) is 12.4. The highest BCUT2D eigenvalue weighted by molar-refractivity contribution is 7.87. The molecule has 0 aromatic heterocycles. The molecule has 0 aliphatic heterocycles. The van der Waals surface area contributed by atoms with E-state index in [1.54, 1.807) is 7.11 Å². The molecule has 19 heavy (non-hydrogen) atoms. The van der Waals surface area contributed by atoms with E-state index in [9.17, 15) is 13.2 Å². The van der Waals surface area contributed by atoms with Gasteiger partial charge in [-0.3, -0.25) is 4.79 Å². The minimum Gasteiger partial charge on any atom is -0.469 e.